The van der Waals surface area contributed by atoms with Crippen molar-refractivity contribution in [3.05, 3.63) is 11.6 Å². The lowest BCUT2D eigenvalue weighted by atomic mass is 10.1. The first kappa shape index (κ1) is 6.38. The van der Waals surface area contributed by atoms with Gasteiger partial charge in [-0.05, 0) is 13.0 Å². The van der Waals surface area contributed by atoms with E-state index in [1.165, 1.54) is 5.57 Å². The van der Waals surface area contributed by atoms with Gasteiger partial charge >= 0.3 is 0 Å². The highest BCUT2D eigenvalue weighted by Crippen LogP contribution is 2.06. The molecule has 1 aliphatic heterocycles. The zero-order valence-corrected chi connectivity index (χ0v) is 5.48. The Kier molecular flexibility index (Phi) is 2.35. The van der Waals surface area contributed by atoms with Crippen molar-refractivity contribution in [2.75, 3.05) is 13.1 Å². The zero-order chi connectivity index (χ0) is 6.53. The van der Waals surface area contributed by atoms with E-state index >= 15 is 0 Å². The summed E-state index contributed by atoms with van der Waals surface area (Å²) < 4.78 is 0. The van der Waals surface area contributed by atoms with Crippen LogP contribution < -0.4 is 5.32 Å². The number of terminal acetylenes is 1. The van der Waals surface area contributed by atoms with Crippen molar-refractivity contribution < 1.29 is 0 Å². The summed E-state index contributed by atoms with van der Waals surface area (Å²) >= 11 is 0. The van der Waals surface area contributed by atoms with E-state index in [1.807, 2.05) is 0 Å². The van der Waals surface area contributed by atoms with Crippen LogP contribution in [-0.2, 0) is 0 Å². The second-order valence-corrected chi connectivity index (χ2v) is 2.20. The fraction of sp³-hybridized carbons (Fsp3) is 0.500. The van der Waals surface area contributed by atoms with Crippen LogP contribution in [0.2, 0.25) is 0 Å². The minimum atomic E-state index is 0.835. The molecule has 9 heavy (non-hydrogen) atoms. The first-order chi connectivity index (χ1) is 4.43. The van der Waals surface area contributed by atoms with Crippen LogP contribution in [-0.4, -0.2) is 13.1 Å². The summed E-state index contributed by atoms with van der Waals surface area (Å²) in [6.07, 6.45) is 9.30. The van der Waals surface area contributed by atoms with E-state index in [1.54, 1.807) is 0 Å². The highest BCUT2D eigenvalue weighted by Gasteiger charge is 1.98. The molecule has 0 aliphatic carbocycles. The fourth-order valence-electron chi connectivity index (χ4n) is 0.961. The molecule has 1 heteroatoms. The molecule has 48 valence electrons. The SMILES string of the molecule is C#CCC1=CCNCC1. The molecule has 0 unspecified atom stereocenters. The van der Waals surface area contributed by atoms with Gasteiger partial charge in [0.05, 0.1) is 0 Å². The van der Waals surface area contributed by atoms with Crippen LogP contribution >= 0.6 is 0 Å². The lowest BCUT2D eigenvalue weighted by molar-refractivity contribution is 0.696. The first-order valence-corrected chi connectivity index (χ1v) is 3.25. The Balaban J connectivity index is 2.39. The molecular weight excluding hydrogens is 110 g/mol. The third-order valence-electron chi connectivity index (χ3n) is 1.49. The topological polar surface area (TPSA) is 12.0 Å². The maximum absolute atomic E-state index is 5.15. The predicted molar refractivity (Wildman–Crippen MR) is 39.0 cm³/mol. The minimum absolute atomic E-state index is 0.835. The van der Waals surface area contributed by atoms with Crippen LogP contribution in [0.3, 0.4) is 0 Å². The van der Waals surface area contributed by atoms with Crippen molar-refractivity contribution in [2.45, 2.75) is 12.8 Å². The van der Waals surface area contributed by atoms with Crippen LogP contribution in [0.15, 0.2) is 11.6 Å². The molecule has 0 atom stereocenters. The Morgan fingerprint density at radius 1 is 1.78 bits per heavy atom. The van der Waals surface area contributed by atoms with Crippen molar-refractivity contribution in [3.8, 4) is 12.3 Å². The Morgan fingerprint density at radius 3 is 3.22 bits per heavy atom. The van der Waals surface area contributed by atoms with Gasteiger partial charge in [-0.15, -0.1) is 12.3 Å². The summed E-state index contributed by atoms with van der Waals surface area (Å²) in [6.45, 7) is 2.09. The second kappa shape index (κ2) is 3.32. The molecule has 0 fully saturated rings. The highest BCUT2D eigenvalue weighted by molar-refractivity contribution is 5.13. The van der Waals surface area contributed by atoms with Crippen LogP contribution in [0, 0.1) is 12.3 Å². The van der Waals surface area contributed by atoms with Gasteiger partial charge < -0.3 is 5.32 Å². The molecule has 0 aromatic rings. The maximum atomic E-state index is 5.15. The van der Waals surface area contributed by atoms with E-state index in [-0.39, 0.29) is 0 Å². The Morgan fingerprint density at radius 2 is 2.67 bits per heavy atom. The molecule has 0 spiro atoms. The van der Waals surface area contributed by atoms with Crippen LogP contribution in [0.5, 0.6) is 0 Å². The summed E-state index contributed by atoms with van der Waals surface area (Å²) in [7, 11) is 0. The van der Waals surface area contributed by atoms with Crippen molar-refractivity contribution in [1.29, 1.82) is 0 Å². The average Bonchev–Trinajstić information content (AvgIpc) is 1.91. The maximum Gasteiger partial charge on any atom is 0.0297 e. The van der Waals surface area contributed by atoms with Crippen LogP contribution in [0.1, 0.15) is 12.8 Å². The summed E-state index contributed by atoms with van der Waals surface area (Å²) in [4.78, 5) is 0. The highest BCUT2D eigenvalue weighted by atomic mass is 14.8. The van der Waals surface area contributed by atoms with E-state index in [2.05, 4.69) is 17.3 Å². The number of rotatable bonds is 1. The van der Waals surface area contributed by atoms with Crippen molar-refractivity contribution in [2.24, 2.45) is 0 Å². The van der Waals surface area contributed by atoms with Gasteiger partial charge in [-0.25, -0.2) is 0 Å². The van der Waals surface area contributed by atoms with E-state index in [0.717, 1.165) is 25.9 Å². The standard InChI is InChI=1S/C8H11N/c1-2-3-8-4-6-9-7-5-8/h1,4,9H,3,5-7H2. The van der Waals surface area contributed by atoms with Crippen LogP contribution in [0.25, 0.3) is 0 Å². The van der Waals surface area contributed by atoms with E-state index < -0.39 is 0 Å². The predicted octanol–water partition coefficient (Wildman–Crippen LogP) is 0.929. The number of hydrogen-bond acceptors (Lipinski definition) is 1. The molecule has 0 radical (unpaired) electrons. The van der Waals surface area contributed by atoms with E-state index in [9.17, 15) is 0 Å². The quantitative estimate of drug-likeness (QED) is 0.402. The monoisotopic (exact) mass is 121 g/mol. The lowest BCUT2D eigenvalue weighted by Crippen LogP contribution is -2.20. The summed E-state index contributed by atoms with van der Waals surface area (Å²) in [5.74, 6) is 2.64. The van der Waals surface area contributed by atoms with E-state index in [4.69, 9.17) is 6.42 Å². The van der Waals surface area contributed by atoms with Gasteiger partial charge in [0.15, 0.2) is 0 Å². The van der Waals surface area contributed by atoms with Gasteiger partial charge in [-0.2, -0.15) is 0 Å². The van der Waals surface area contributed by atoms with Gasteiger partial charge in [-0.1, -0.05) is 11.6 Å². The molecule has 0 amide bonds. The summed E-state index contributed by atoms with van der Waals surface area (Å²) in [6, 6.07) is 0. The van der Waals surface area contributed by atoms with Crippen molar-refractivity contribution >= 4 is 0 Å². The molecule has 1 rings (SSSR count). The van der Waals surface area contributed by atoms with Crippen molar-refractivity contribution in [1.82, 2.24) is 5.32 Å². The smallest absolute Gasteiger partial charge is 0.0297 e. The number of nitrogens with one attached hydrogen (secondary N) is 1. The Bertz CT molecular complexity index is 150. The van der Waals surface area contributed by atoms with Gasteiger partial charge in [0, 0.05) is 13.0 Å². The largest absolute Gasteiger partial charge is 0.313 e. The molecule has 0 bridgehead atoms. The average molecular weight is 121 g/mol. The first-order valence-electron chi connectivity index (χ1n) is 3.25. The molecule has 1 heterocycles. The summed E-state index contributed by atoms with van der Waals surface area (Å²) in [5.41, 5.74) is 1.41. The fourth-order valence-corrected chi connectivity index (χ4v) is 0.961. The molecule has 0 saturated carbocycles. The normalized spacial score (nSPS) is 18.3. The van der Waals surface area contributed by atoms with E-state index in [0.29, 0.717) is 0 Å². The van der Waals surface area contributed by atoms with Crippen LogP contribution in [0.4, 0.5) is 0 Å². The molecule has 1 N–H and O–H groups in total. The molecule has 0 aromatic heterocycles. The lowest BCUT2D eigenvalue weighted by Gasteiger charge is -2.10. The zero-order valence-electron chi connectivity index (χ0n) is 5.48. The van der Waals surface area contributed by atoms with Gasteiger partial charge in [-0.3, -0.25) is 0 Å². The number of hydrogen-bond donors (Lipinski definition) is 1. The third-order valence-corrected chi connectivity index (χ3v) is 1.49. The second-order valence-electron chi connectivity index (χ2n) is 2.20. The molecule has 1 aliphatic rings. The molecule has 0 aromatic carbocycles. The van der Waals surface area contributed by atoms with Gasteiger partial charge in [0.25, 0.3) is 0 Å². The third kappa shape index (κ3) is 1.91. The van der Waals surface area contributed by atoms with Gasteiger partial charge in [0.1, 0.15) is 0 Å². The van der Waals surface area contributed by atoms with Crippen molar-refractivity contribution in [3.63, 3.8) is 0 Å². The molecular formula is C8H11N. The molecule has 0 saturated heterocycles. The molecule has 1 nitrogen and oxygen atoms in total. The van der Waals surface area contributed by atoms with Gasteiger partial charge in [0.2, 0.25) is 0 Å². The minimum Gasteiger partial charge on any atom is -0.313 e. The Labute approximate surface area is 56.1 Å². The Hall–Kier alpha value is -0.740. The summed E-state index contributed by atoms with van der Waals surface area (Å²) in [5, 5.41) is 3.23.